The quantitative estimate of drug-likeness (QED) is 0.343. The molecule has 0 amide bonds. The maximum absolute atomic E-state index is 2.80. The van der Waals surface area contributed by atoms with Crippen LogP contribution in [-0.4, -0.2) is 23.0 Å². The van der Waals surface area contributed by atoms with Crippen molar-refractivity contribution >= 4 is 0 Å². The molecule has 0 fully saturated rings. The third-order valence-corrected chi connectivity index (χ3v) is 4.77. The van der Waals surface area contributed by atoms with Gasteiger partial charge in [0.1, 0.15) is 0 Å². The normalized spacial score (nSPS) is 15.1. The van der Waals surface area contributed by atoms with Gasteiger partial charge >= 0.3 is 0 Å². The summed E-state index contributed by atoms with van der Waals surface area (Å²) < 4.78 is 0. The largest absolute Gasteiger partial charge is 0.295 e. The van der Waals surface area contributed by atoms with E-state index in [-0.39, 0.29) is 0 Å². The molecule has 0 spiro atoms. The zero-order valence-electron chi connectivity index (χ0n) is 16.2. The zero-order chi connectivity index (χ0) is 16.3. The maximum atomic E-state index is 2.80. The van der Waals surface area contributed by atoms with Crippen LogP contribution in [0.15, 0.2) is 0 Å². The Morgan fingerprint density at radius 3 is 1.67 bits per heavy atom. The van der Waals surface area contributed by atoms with Crippen LogP contribution in [0.3, 0.4) is 0 Å². The SMILES string of the molecule is CCCCCCC(C)(CCCCC)N(CC(C)C)C(C)C. The van der Waals surface area contributed by atoms with Gasteiger partial charge in [-0.3, -0.25) is 4.90 Å². The summed E-state index contributed by atoms with van der Waals surface area (Å²) in [4.78, 5) is 2.80. The summed E-state index contributed by atoms with van der Waals surface area (Å²) in [7, 11) is 0. The molecule has 0 heterocycles. The Labute approximate surface area is 135 Å². The van der Waals surface area contributed by atoms with Gasteiger partial charge < -0.3 is 0 Å². The van der Waals surface area contributed by atoms with Crippen molar-refractivity contribution in [3.05, 3.63) is 0 Å². The first-order valence-electron chi connectivity index (χ1n) is 9.64. The van der Waals surface area contributed by atoms with Crippen molar-refractivity contribution in [1.29, 1.82) is 0 Å². The summed E-state index contributed by atoms with van der Waals surface area (Å²) in [5.41, 5.74) is 0.404. The fourth-order valence-corrected chi connectivity index (χ4v) is 3.55. The van der Waals surface area contributed by atoms with Crippen molar-refractivity contribution in [3.63, 3.8) is 0 Å². The number of unbranched alkanes of at least 4 members (excludes halogenated alkanes) is 5. The Morgan fingerprint density at radius 2 is 1.24 bits per heavy atom. The monoisotopic (exact) mass is 297 g/mol. The molecule has 0 radical (unpaired) electrons. The molecule has 128 valence electrons. The smallest absolute Gasteiger partial charge is 0.0184 e. The number of hydrogen-bond donors (Lipinski definition) is 0. The molecule has 21 heavy (non-hydrogen) atoms. The summed E-state index contributed by atoms with van der Waals surface area (Å²) in [5, 5.41) is 0. The molecule has 1 atom stereocenters. The molecule has 1 unspecified atom stereocenters. The number of nitrogens with zero attached hydrogens (tertiary/aromatic N) is 1. The molecule has 0 bridgehead atoms. The van der Waals surface area contributed by atoms with Crippen molar-refractivity contribution < 1.29 is 0 Å². The summed E-state index contributed by atoms with van der Waals surface area (Å²) in [6.07, 6.45) is 12.4. The van der Waals surface area contributed by atoms with Gasteiger partial charge in [-0.2, -0.15) is 0 Å². The Morgan fingerprint density at radius 1 is 0.762 bits per heavy atom. The Kier molecular flexibility index (Phi) is 11.5. The van der Waals surface area contributed by atoms with E-state index >= 15 is 0 Å². The second-order valence-electron chi connectivity index (χ2n) is 7.90. The Bertz CT molecular complexity index is 234. The fraction of sp³-hybridized carbons (Fsp3) is 1.00. The third-order valence-electron chi connectivity index (χ3n) is 4.77. The highest BCUT2D eigenvalue weighted by molar-refractivity contribution is 4.88. The van der Waals surface area contributed by atoms with Crippen LogP contribution < -0.4 is 0 Å². The molecule has 0 aromatic carbocycles. The predicted octanol–water partition coefficient (Wildman–Crippen LogP) is 6.66. The highest BCUT2D eigenvalue weighted by Crippen LogP contribution is 2.31. The van der Waals surface area contributed by atoms with Gasteiger partial charge in [0.25, 0.3) is 0 Å². The predicted molar refractivity (Wildman–Crippen MR) is 98.0 cm³/mol. The Hall–Kier alpha value is -0.0400. The molecule has 0 aliphatic heterocycles. The van der Waals surface area contributed by atoms with Crippen LogP contribution >= 0.6 is 0 Å². The minimum atomic E-state index is 0.404. The number of hydrogen-bond acceptors (Lipinski definition) is 1. The average Bonchev–Trinajstić information content (AvgIpc) is 2.41. The Balaban J connectivity index is 4.77. The highest BCUT2D eigenvalue weighted by Gasteiger charge is 2.32. The molecular formula is C20H43N. The van der Waals surface area contributed by atoms with Crippen LogP contribution in [-0.2, 0) is 0 Å². The van der Waals surface area contributed by atoms with Crippen molar-refractivity contribution in [2.45, 2.75) is 118 Å². The number of rotatable bonds is 13. The van der Waals surface area contributed by atoms with Gasteiger partial charge in [0.2, 0.25) is 0 Å². The minimum Gasteiger partial charge on any atom is -0.295 e. The van der Waals surface area contributed by atoms with Gasteiger partial charge in [-0.05, 0) is 39.5 Å². The van der Waals surface area contributed by atoms with Crippen LogP contribution in [0.2, 0.25) is 0 Å². The summed E-state index contributed by atoms with van der Waals surface area (Å²) in [6, 6.07) is 0.658. The van der Waals surface area contributed by atoms with Gasteiger partial charge in [0.05, 0.1) is 0 Å². The maximum Gasteiger partial charge on any atom is 0.0184 e. The van der Waals surface area contributed by atoms with Crippen molar-refractivity contribution in [2.75, 3.05) is 6.54 Å². The van der Waals surface area contributed by atoms with Crippen LogP contribution in [0.5, 0.6) is 0 Å². The lowest BCUT2D eigenvalue weighted by molar-refractivity contribution is 0.0389. The molecule has 0 aliphatic rings. The molecule has 1 nitrogen and oxygen atoms in total. The van der Waals surface area contributed by atoms with E-state index in [0.717, 1.165) is 5.92 Å². The first-order chi connectivity index (χ1) is 9.87. The third kappa shape index (κ3) is 8.86. The van der Waals surface area contributed by atoms with Crippen molar-refractivity contribution in [3.8, 4) is 0 Å². The lowest BCUT2D eigenvalue weighted by atomic mass is 9.85. The summed E-state index contributed by atoms with van der Waals surface area (Å²) >= 11 is 0. The van der Waals surface area contributed by atoms with Gasteiger partial charge in [-0.1, -0.05) is 72.6 Å². The van der Waals surface area contributed by atoms with E-state index in [2.05, 4.69) is 53.4 Å². The van der Waals surface area contributed by atoms with Crippen LogP contribution in [0.1, 0.15) is 106 Å². The second-order valence-corrected chi connectivity index (χ2v) is 7.90. The van der Waals surface area contributed by atoms with E-state index < -0.39 is 0 Å². The van der Waals surface area contributed by atoms with Gasteiger partial charge in [0, 0.05) is 18.1 Å². The molecule has 0 rings (SSSR count). The molecule has 0 saturated heterocycles. The van der Waals surface area contributed by atoms with Gasteiger partial charge in [0.15, 0.2) is 0 Å². The van der Waals surface area contributed by atoms with Gasteiger partial charge in [-0.25, -0.2) is 0 Å². The van der Waals surface area contributed by atoms with E-state index in [4.69, 9.17) is 0 Å². The topological polar surface area (TPSA) is 3.24 Å². The standard InChI is InChI=1S/C20H43N/c1-8-10-12-14-16-20(7,15-13-11-9-2)21(19(5)6)17-18(3)4/h18-19H,8-17H2,1-7H3. The molecular weight excluding hydrogens is 254 g/mol. The van der Waals surface area contributed by atoms with E-state index in [9.17, 15) is 0 Å². The van der Waals surface area contributed by atoms with Crippen molar-refractivity contribution in [1.82, 2.24) is 4.90 Å². The van der Waals surface area contributed by atoms with Crippen molar-refractivity contribution in [2.24, 2.45) is 5.92 Å². The first-order valence-corrected chi connectivity index (χ1v) is 9.64. The molecule has 0 N–H and O–H groups in total. The first kappa shape index (κ1) is 21.0. The summed E-state index contributed by atoms with van der Waals surface area (Å²) in [6.45, 7) is 17.9. The van der Waals surface area contributed by atoms with E-state index in [1.54, 1.807) is 0 Å². The fourth-order valence-electron chi connectivity index (χ4n) is 3.55. The van der Waals surface area contributed by atoms with E-state index in [1.807, 2.05) is 0 Å². The van der Waals surface area contributed by atoms with Crippen LogP contribution in [0.4, 0.5) is 0 Å². The molecule has 1 heteroatoms. The molecule has 0 aliphatic carbocycles. The van der Waals surface area contributed by atoms with Crippen LogP contribution in [0, 0.1) is 5.92 Å². The second kappa shape index (κ2) is 11.5. The summed E-state index contributed by atoms with van der Waals surface area (Å²) in [5.74, 6) is 0.758. The zero-order valence-corrected chi connectivity index (χ0v) is 16.2. The molecule has 0 aromatic rings. The van der Waals surface area contributed by atoms with Crippen LogP contribution in [0.25, 0.3) is 0 Å². The lowest BCUT2D eigenvalue weighted by Crippen LogP contribution is -2.51. The minimum absolute atomic E-state index is 0.404. The van der Waals surface area contributed by atoms with E-state index in [1.165, 1.54) is 64.3 Å². The lowest BCUT2D eigenvalue weighted by Gasteiger charge is -2.45. The molecule has 0 saturated carbocycles. The average molecular weight is 298 g/mol. The van der Waals surface area contributed by atoms with Gasteiger partial charge in [-0.15, -0.1) is 0 Å². The molecule has 0 aromatic heterocycles. The van der Waals surface area contributed by atoms with E-state index in [0.29, 0.717) is 11.6 Å². The highest BCUT2D eigenvalue weighted by atomic mass is 15.2.